The lowest BCUT2D eigenvalue weighted by Gasteiger charge is -2.09. The number of unbranched alkanes of at least 4 members (excludes halogenated alkanes) is 3. The van der Waals surface area contributed by atoms with E-state index in [1.165, 1.54) is 31.4 Å². The summed E-state index contributed by atoms with van der Waals surface area (Å²) in [7, 11) is 0. The van der Waals surface area contributed by atoms with Gasteiger partial charge in [-0.25, -0.2) is 4.98 Å². The fourth-order valence-corrected chi connectivity index (χ4v) is 1.82. The number of nitro groups is 1. The Balaban J connectivity index is 2.63. The zero-order valence-corrected chi connectivity index (χ0v) is 12.3. The molecule has 1 aromatic rings. The third-order valence-electron chi connectivity index (χ3n) is 2.91. The van der Waals surface area contributed by atoms with E-state index in [-0.39, 0.29) is 10.6 Å². The van der Waals surface area contributed by atoms with E-state index in [9.17, 15) is 10.1 Å². The SMILES string of the molecule is CCCCCCNc1cc([N+](=O)[O-])cc(NCCC)n1. The van der Waals surface area contributed by atoms with E-state index in [2.05, 4.69) is 22.5 Å². The number of nitrogens with one attached hydrogen (secondary N) is 2. The van der Waals surface area contributed by atoms with Crippen LogP contribution in [0.4, 0.5) is 17.3 Å². The Hall–Kier alpha value is -1.85. The Labute approximate surface area is 120 Å². The molecule has 0 aliphatic rings. The van der Waals surface area contributed by atoms with E-state index < -0.39 is 0 Å². The maximum Gasteiger partial charge on any atom is 0.276 e. The van der Waals surface area contributed by atoms with E-state index in [1.54, 1.807) is 0 Å². The molecule has 1 rings (SSSR count). The molecule has 0 aromatic carbocycles. The van der Waals surface area contributed by atoms with Crippen LogP contribution in [0.2, 0.25) is 0 Å². The van der Waals surface area contributed by atoms with Crippen molar-refractivity contribution in [1.29, 1.82) is 0 Å². The minimum atomic E-state index is -0.388. The molecule has 1 heterocycles. The van der Waals surface area contributed by atoms with Crippen molar-refractivity contribution in [2.45, 2.75) is 46.0 Å². The molecule has 0 unspecified atom stereocenters. The fourth-order valence-electron chi connectivity index (χ4n) is 1.82. The van der Waals surface area contributed by atoms with Gasteiger partial charge in [-0.05, 0) is 12.8 Å². The van der Waals surface area contributed by atoms with Crippen LogP contribution in [-0.4, -0.2) is 23.0 Å². The molecule has 0 saturated heterocycles. The van der Waals surface area contributed by atoms with Crippen molar-refractivity contribution in [2.75, 3.05) is 23.7 Å². The normalized spacial score (nSPS) is 10.3. The van der Waals surface area contributed by atoms with Crippen molar-refractivity contribution in [3.63, 3.8) is 0 Å². The summed E-state index contributed by atoms with van der Waals surface area (Å²) in [5, 5.41) is 17.2. The van der Waals surface area contributed by atoms with Gasteiger partial charge in [0.15, 0.2) is 0 Å². The Morgan fingerprint density at radius 2 is 1.70 bits per heavy atom. The molecule has 6 nitrogen and oxygen atoms in total. The summed E-state index contributed by atoms with van der Waals surface area (Å²) >= 11 is 0. The van der Waals surface area contributed by atoms with Gasteiger partial charge in [0.2, 0.25) is 0 Å². The molecule has 1 aromatic heterocycles. The van der Waals surface area contributed by atoms with Crippen LogP contribution in [0.25, 0.3) is 0 Å². The second kappa shape index (κ2) is 9.12. The number of hydrogen-bond donors (Lipinski definition) is 2. The first-order valence-electron chi connectivity index (χ1n) is 7.31. The highest BCUT2D eigenvalue weighted by Gasteiger charge is 2.10. The topological polar surface area (TPSA) is 80.1 Å². The van der Waals surface area contributed by atoms with Gasteiger partial charge in [0, 0.05) is 13.1 Å². The number of pyridine rings is 1. The van der Waals surface area contributed by atoms with Crippen molar-refractivity contribution < 1.29 is 4.92 Å². The van der Waals surface area contributed by atoms with Crippen LogP contribution in [-0.2, 0) is 0 Å². The van der Waals surface area contributed by atoms with Gasteiger partial charge in [0.1, 0.15) is 11.6 Å². The van der Waals surface area contributed by atoms with Gasteiger partial charge in [-0.1, -0.05) is 33.1 Å². The third-order valence-corrected chi connectivity index (χ3v) is 2.91. The fraction of sp³-hybridized carbons (Fsp3) is 0.643. The largest absolute Gasteiger partial charge is 0.370 e. The van der Waals surface area contributed by atoms with Gasteiger partial charge in [-0.2, -0.15) is 0 Å². The second-order valence-electron chi connectivity index (χ2n) is 4.77. The van der Waals surface area contributed by atoms with Gasteiger partial charge in [0.05, 0.1) is 17.1 Å². The molecule has 20 heavy (non-hydrogen) atoms. The predicted octanol–water partition coefficient (Wildman–Crippen LogP) is 3.80. The minimum absolute atomic E-state index is 0.0645. The second-order valence-corrected chi connectivity index (χ2v) is 4.77. The van der Waals surface area contributed by atoms with Crippen LogP contribution in [0.1, 0.15) is 46.0 Å². The molecular weight excluding hydrogens is 256 g/mol. The van der Waals surface area contributed by atoms with E-state index >= 15 is 0 Å². The molecule has 0 atom stereocenters. The standard InChI is InChI=1S/C14H24N4O2/c1-3-5-6-7-9-16-14-11-12(18(19)20)10-13(17-14)15-8-4-2/h10-11H,3-9H2,1-2H3,(H2,15,16,17). The van der Waals surface area contributed by atoms with Crippen LogP contribution in [0, 0.1) is 10.1 Å². The van der Waals surface area contributed by atoms with Crippen molar-refractivity contribution >= 4 is 17.3 Å². The summed E-state index contributed by atoms with van der Waals surface area (Å²) in [5.41, 5.74) is 0.0645. The lowest BCUT2D eigenvalue weighted by Crippen LogP contribution is -2.07. The number of hydrogen-bond acceptors (Lipinski definition) is 5. The Morgan fingerprint density at radius 1 is 1.05 bits per heavy atom. The third kappa shape index (κ3) is 5.86. The molecule has 112 valence electrons. The Morgan fingerprint density at radius 3 is 2.25 bits per heavy atom. The molecule has 0 fully saturated rings. The Kier molecular flexibility index (Phi) is 7.39. The maximum absolute atomic E-state index is 10.9. The number of anilines is 2. The van der Waals surface area contributed by atoms with Crippen LogP contribution in [0.3, 0.4) is 0 Å². The van der Waals surface area contributed by atoms with E-state index in [0.29, 0.717) is 11.6 Å². The highest BCUT2D eigenvalue weighted by atomic mass is 16.6. The average Bonchev–Trinajstić information content (AvgIpc) is 2.44. The quantitative estimate of drug-likeness (QED) is 0.387. The molecule has 0 spiro atoms. The van der Waals surface area contributed by atoms with Gasteiger partial charge in [-0.15, -0.1) is 0 Å². The van der Waals surface area contributed by atoms with Crippen LogP contribution >= 0.6 is 0 Å². The molecule has 6 heteroatoms. The molecular formula is C14H24N4O2. The molecule has 0 aliphatic heterocycles. The van der Waals surface area contributed by atoms with Gasteiger partial charge >= 0.3 is 0 Å². The number of rotatable bonds is 10. The van der Waals surface area contributed by atoms with Crippen molar-refractivity contribution in [3.8, 4) is 0 Å². The van der Waals surface area contributed by atoms with Gasteiger partial charge in [-0.3, -0.25) is 10.1 Å². The summed E-state index contributed by atoms with van der Waals surface area (Å²) in [4.78, 5) is 14.9. The monoisotopic (exact) mass is 280 g/mol. The molecule has 2 N–H and O–H groups in total. The summed E-state index contributed by atoms with van der Waals surface area (Å²) in [5.74, 6) is 1.12. The molecule has 0 aliphatic carbocycles. The molecule has 0 saturated carbocycles. The summed E-state index contributed by atoms with van der Waals surface area (Å²) in [6, 6.07) is 2.95. The maximum atomic E-state index is 10.9. The average molecular weight is 280 g/mol. The van der Waals surface area contributed by atoms with Crippen LogP contribution in [0.15, 0.2) is 12.1 Å². The first kappa shape index (κ1) is 16.2. The van der Waals surface area contributed by atoms with E-state index in [0.717, 1.165) is 25.9 Å². The zero-order chi connectivity index (χ0) is 14.8. The molecule has 0 bridgehead atoms. The smallest absolute Gasteiger partial charge is 0.276 e. The highest BCUT2D eigenvalue weighted by molar-refractivity contribution is 5.54. The van der Waals surface area contributed by atoms with Gasteiger partial charge in [0.25, 0.3) is 5.69 Å². The van der Waals surface area contributed by atoms with Crippen molar-refractivity contribution in [2.24, 2.45) is 0 Å². The molecule has 0 amide bonds. The van der Waals surface area contributed by atoms with E-state index in [4.69, 9.17) is 0 Å². The number of nitrogens with zero attached hydrogens (tertiary/aromatic N) is 2. The number of aromatic nitrogens is 1. The summed E-state index contributed by atoms with van der Waals surface area (Å²) in [6.45, 7) is 5.75. The molecule has 0 radical (unpaired) electrons. The first-order chi connectivity index (χ1) is 9.67. The highest BCUT2D eigenvalue weighted by Crippen LogP contribution is 2.20. The van der Waals surface area contributed by atoms with Crippen molar-refractivity contribution in [1.82, 2.24) is 4.98 Å². The van der Waals surface area contributed by atoms with Gasteiger partial charge < -0.3 is 10.6 Å². The Bertz CT molecular complexity index is 424. The van der Waals surface area contributed by atoms with Crippen LogP contribution < -0.4 is 10.6 Å². The lowest BCUT2D eigenvalue weighted by atomic mass is 10.2. The summed E-state index contributed by atoms with van der Waals surface area (Å²) < 4.78 is 0. The minimum Gasteiger partial charge on any atom is -0.370 e. The van der Waals surface area contributed by atoms with Crippen molar-refractivity contribution in [3.05, 3.63) is 22.2 Å². The van der Waals surface area contributed by atoms with E-state index in [1.807, 2.05) is 6.92 Å². The van der Waals surface area contributed by atoms with Crippen LogP contribution in [0.5, 0.6) is 0 Å². The lowest BCUT2D eigenvalue weighted by molar-refractivity contribution is -0.384. The summed E-state index contributed by atoms with van der Waals surface area (Å²) in [6.07, 6.45) is 5.58. The first-order valence-corrected chi connectivity index (χ1v) is 7.31. The predicted molar refractivity (Wildman–Crippen MR) is 82.3 cm³/mol. The zero-order valence-electron chi connectivity index (χ0n) is 12.3.